The van der Waals surface area contributed by atoms with Crippen molar-refractivity contribution < 1.29 is 9.47 Å². The third-order valence-electron chi connectivity index (χ3n) is 3.41. The molecule has 1 aliphatic rings. The van der Waals surface area contributed by atoms with Gasteiger partial charge in [0.05, 0.1) is 6.61 Å². The molecule has 2 aromatic rings. The zero-order valence-electron chi connectivity index (χ0n) is 11.5. The minimum atomic E-state index is 0.305. The van der Waals surface area contributed by atoms with E-state index in [1.165, 1.54) is 0 Å². The fraction of sp³-hybridized carbons (Fsp3) is 0.250. The van der Waals surface area contributed by atoms with E-state index in [0.717, 1.165) is 34.8 Å². The van der Waals surface area contributed by atoms with E-state index >= 15 is 0 Å². The van der Waals surface area contributed by atoms with E-state index in [2.05, 4.69) is 24.1 Å². The number of rotatable bonds is 3. The van der Waals surface area contributed by atoms with Gasteiger partial charge in [0.2, 0.25) is 0 Å². The number of anilines is 2. The first-order chi connectivity index (χ1) is 9.74. The number of nitrogen functional groups attached to an aromatic ring is 1. The van der Waals surface area contributed by atoms with Crippen LogP contribution in [0.3, 0.4) is 0 Å². The number of ether oxygens (including phenoxy) is 2. The van der Waals surface area contributed by atoms with Crippen molar-refractivity contribution in [3.63, 3.8) is 0 Å². The van der Waals surface area contributed by atoms with Gasteiger partial charge in [-0.1, -0.05) is 18.2 Å². The van der Waals surface area contributed by atoms with Crippen LogP contribution in [0.4, 0.5) is 11.4 Å². The van der Waals surface area contributed by atoms with Crippen LogP contribution in [-0.4, -0.2) is 13.8 Å². The molecule has 3 rings (SSSR count). The van der Waals surface area contributed by atoms with Gasteiger partial charge >= 0.3 is 0 Å². The summed E-state index contributed by atoms with van der Waals surface area (Å²) in [5, 5.41) is 0. The Morgan fingerprint density at radius 2 is 2.00 bits per heavy atom. The van der Waals surface area contributed by atoms with E-state index in [9.17, 15) is 0 Å². The first kappa shape index (κ1) is 12.8. The highest BCUT2D eigenvalue weighted by molar-refractivity contribution is 5.55. The quantitative estimate of drug-likeness (QED) is 0.871. The van der Waals surface area contributed by atoms with Crippen molar-refractivity contribution in [2.24, 2.45) is 0 Å². The fourth-order valence-corrected chi connectivity index (χ4v) is 2.47. The monoisotopic (exact) mass is 270 g/mol. The van der Waals surface area contributed by atoms with Crippen molar-refractivity contribution in [2.45, 2.75) is 13.2 Å². The summed E-state index contributed by atoms with van der Waals surface area (Å²) in [6.45, 7) is 1.61. The van der Waals surface area contributed by atoms with Crippen LogP contribution >= 0.6 is 0 Å². The van der Waals surface area contributed by atoms with Crippen LogP contribution in [0, 0.1) is 0 Å². The molecule has 4 heteroatoms. The fourth-order valence-electron chi connectivity index (χ4n) is 2.47. The highest BCUT2D eigenvalue weighted by Gasteiger charge is 2.17. The third kappa shape index (κ3) is 2.56. The molecule has 4 nitrogen and oxygen atoms in total. The van der Waals surface area contributed by atoms with Crippen molar-refractivity contribution in [2.75, 3.05) is 24.5 Å². The lowest BCUT2D eigenvalue weighted by Gasteiger charge is -2.25. The second kappa shape index (κ2) is 5.43. The Balaban J connectivity index is 1.89. The van der Waals surface area contributed by atoms with Crippen LogP contribution in [0.25, 0.3) is 0 Å². The Morgan fingerprint density at radius 1 is 1.20 bits per heavy atom. The average molecular weight is 270 g/mol. The summed E-state index contributed by atoms with van der Waals surface area (Å²) in [5.41, 5.74) is 9.99. The van der Waals surface area contributed by atoms with Crippen molar-refractivity contribution >= 4 is 11.4 Å². The van der Waals surface area contributed by atoms with Crippen molar-refractivity contribution in [3.8, 4) is 5.75 Å². The van der Waals surface area contributed by atoms with E-state index in [1.54, 1.807) is 0 Å². The molecule has 20 heavy (non-hydrogen) atoms. The molecule has 0 aliphatic carbocycles. The average Bonchev–Trinajstić information content (AvgIpc) is 2.48. The van der Waals surface area contributed by atoms with E-state index in [4.69, 9.17) is 15.2 Å². The molecule has 2 N–H and O–H groups in total. The van der Waals surface area contributed by atoms with Gasteiger partial charge in [0.25, 0.3) is 0 Å². The van der Waals surface area contributed by atoms with Crippen LogP contribution in [0.5, 0.6) is 5.75 Å². The second-order valence-corrected chi connectivity index (χ2v) is 4.97. The molecule has 0 saturated heterocycles. The van der Waals surface area contributed by atoms with E-state index in [0.29, 0.717) is 13.4 Å². The molecule has 0 amide bonds. The Labute approximate surface area is 118 Å². The summed E-state index contributed by atoms with van der Waals surface area (Å²) in [6.07, 6.45) is 0. The van der Waals surface area contributed by atoms with Crippen molar-refractivity contribution in [1.82, 2.24) is 0 Å². The summed E-state index contributed by atoms with van der Waals surface area (Å²) in [5.74, 6) is 0.910. The molecule has 0 unspecified atom stereocenters. The SMILES string of the molecule is CN(Cc1cc(N)cc2c1OCOC2)c1ccccc1. The first-order valence-corrected chi connectivity index (χ1v) is 6.62. The van der Waals surface area contributed by atoms with Crippen LogP contribution in [0.1, 0.15) is 11.1 Å². The molecule has 104 valence electrons. The lowest BCUT2D eigenvalue weighted by atomic mass is 10.1. The molecular weight excluding hydrogens is 252 g/mol. The molecular formula is C16H18N2O2. The number of nitrogens with two attached hydrogens (primary N) is 1. The van der Waals surface area contributed by atoms with E-state index in [-0.39, 0.29) is 0 Å². The van der Waals surface area contributed by atoms with Crippen LogP contribution in [-0.2, 0) is 17.9 Å². The number of hydrogen-bond donors (Lipinski definition) is 1. The number of para-hydroxylation sites is 1. The Bertz CT molecular complexity index is 599. The molecule has 0 atom stereocenters. The maximum atomic E-state index is 5.97. The van der Waals surface area contributed by atoms with Gasteiger partial charge in [-0.25, -0.2) is 0 Å². The summed E-state index contributed by atoms with van der Waals surface area (Å²) in [4.78, 5) is 2.17. The smallest absolute Gasteiger partial charge is 0.189 e. The van der Waals surface area contributed by atoms with Gasteiger partial charge in [-0.2, -0.15) is 0 Å². The first-order valence-electron chi connectivity index (χ1n) is 6.62. The minimum Gasteiger partial charge on any atom is -0.467 e. The number of benzene rings is 2. The zero-order chi connectivity index (χ0) is 13.9. The molecule has 1 aliphatic heterocycles. The van der Waals surface area contributed by atoms with Crippen LogP contribution in [0.15, 0.2) is 42.5 Å². The van der Waals surface area contributed by atoms with Gasteiger partial charge in [-0.3, -0.25) is 0 Å². The number of nitrogens with zero attached hydrogens (tertiary/aromatic N) is 1. The maximum absolute atomic E-state index is 5.97. The predicted octanol–water partition coefficient (Wildman–Crippen LogP) is 2.77. The maximum Gasteiger partial charge on any atom is 0.189 e. The standard InChI is InChI=1S/C16H18N2O2/c1-18(15-5-3-2-4-6-15)9-12-7-14(17)8-13-10-19-11-20-16(12)13/h2-8H,9-11,17H2,1H3. The normalized spacial score (nSPS) is 13.4. The second-order valence-electron chi connectivity index (χ2n) is 4.97. The molecule has 2 aromatic carbocycles. The zero-order valence-corrected chi connectivity index (χ0v) is 11.5. The molecule has 0 bridgehead atoms. The van der Waals surface area contributed by atoms with Gasteiger partial charge in [-0.15, -0.1) is 0 Å². The highest BCUT2D eigenvalue weighted by atomic mass is 16.7. The van der Waals surface area contributed by atoms with E-state index in [1.807, 2.05) is 30.3 Å². The van der Waals surface area contributed by atoms with Gasteiger partial charge < -0.3 is 20.1 Å². The van der Waals surface area contributed by atoms with E-state index < -0.39 is 0 Å². The summed E-state index contributed by atoms with van der Waals surface area (Å²) in [7, 11) is 2.06. The van der Waals surface area contributed by atoms with Crippen LogP contribution in [0.2, 0.25) is 0 Å². The molecule has 0 fully saturated rings. The van der Waals surface area contributed by atoms with Crippen molar-refractivity contribution in [3.05, 3.63) is 53.6 Å². The Hall–Kier alpha value is -2.20. The summed E-state index contributed by atoms with van der Waals surface area (Å²) >= 11 is 0. The molecule has 0 radical (unpaired) electrons. The summed E-state index contributed by atoms with van der Waals surface area (Å²) < 4.78 is 10.9. The molecule has 0 spiro atoms. The number of fused-ring (bicyclic) bond motifs is 1. The van der Waals surface area contributed by atoms with Crippen molar-refractivity contribution in [1.29, 1.82) is 0 Å². The third-order valence-corrected chi connectivity index (χ3v) is 3.41. The Kier molecular flexibility index (Phi) is 3.48. The topological polar surface area (TPSA) is 47.7 Å². The minimum absolute atomic E-state index is 0.305. The molecule has 1 heterocycles. The molecule has 0 aromatic heterocycles. The lowest BCUT2D eigenvalue weighted by molar-refractivity contribution is -0.0169. The lowest BCUT2D eigenvalue weighted by Crippen LogP contribution is -2.20. The number of hydrogen-bond acceptors (Lipinski definition) is 4. The van der Waals surface area contributed by atoms with Gasteiger partial charge in [0.1, 0.15) is 5.75 Å². The predicted molar refractivity (Wildman–Crippen MR) is 79.7 cm³/mol. The van der Waals surface area contributed by atoms with Gasteiger partial charge in [-0.05, 0) is 24.3 Å². The summed E-state index contributed by atoms with van der Waals surface area (Å²) in [6, 6.07) is 14.1. The molecule has 0 saturated carbocycles. The van der Waals surface area contributed by atoms with Gasteiger partial charge in [0.15, 0.2) is 6.79 Å². The largest absolute Gasteiger partial charge is 0.467 e. The van der Waals surface area contributed by atoms with Gasteiger partial charge in [0, 0.05) is 36.1 Å². The highest BCUT2D eigenvalue weighted by Crippen LogP contribution is 2.32. The Morgan fingerprint density at radius 3 is 2.80 bits per heavy atom. The van der Waals surface area contributed by atoms with Crippen LogP contribution < -0.4 is 15.4 Å².